The molecule has 5 unspecified atom stereocenters. The fourth-order valence-electron chi connectivity index (χ4n) is 7.37. The Kier molecular flexibility index (Phi) is 11.6. The van der Waals surface area contributed by atoms with Gasteiger partial charge in [-0.1, -0.05) is 84.4 Å². The molecule has 3 aromatic rings. The lowest BCUT2D eigenvalue weighted by Crippen LogP contribution is -2.71. The van der Waals surface area contributed by atoms with Gasteiger partial charge in [-0.25, -0.2) is 0 Å². The molecular formula is C36H39ClN2O7. The molecule has 1 aliphatic heterocycles. The Morgan fingerprint density at radius 3 is 2.04 bits per heavy atom. The molecule has 1 aliphatic rings. The maximum atomic E-state index is 14.0. The molecule has 1 fully saturated rings. The normalized spacial score (nSPS) is 24.3. The number of aliphatic carboxylic acids is 3. The number of carbonyl (C=O) groups is 3. The highest BCUT2D eigenvalue weighted by Gasteiger charge is 2.67. The molecule has 9 nitrogen and oxygen atoms in total. The van der Waals surface area contributed by atoms with E-state index in [0.29, 0.717) is 17.0 Å². The van der Waals surface area contributed by atoms with Gasteiger partial charge in [0.05, 0.1) is 36.5 Å². The highest BCUT2D eigenvalue weighted by Crippen LogP contribution is 2.60. The molecule has 0 saturated carbocycles. The Morgan fingerprint density at radius 2 is 1.52 bits per heavy atom. The molecule has 10 heteroatoms. The van der Waals surface area contributed by atoms with Crippen molar-refractivity contribution < 1.29 is 34.4 Å². The van der Waals surface area contributed by atoms with Crippen LogP contribution in [-0.4, -0.2) is 58.5 Å². The fraction of sp³-hybridized carbons (Fsp3) is 0.389. The molecule has 242 valence electrons. The van der Waals surface area contributed by atoms with Gasteiger partial charge >= 0.3 is 17.9 Å². The van der Waals surface area contributed by atoms with E-state index < -0.39 is 46.7 Å². The van der Waals surface area contributed by atoms with E-state index in [0.717, 1.165) is 11.1 Å². The van der Waals surface area contributed by atoms with Gasteiger partial charge in [0, 0.05) is 35.4 Å². The van der Waals surface area contributed by atoms with E-state index in [4.69, 9.17) is 16.3 Å². The predicted octanol–water partition coefficient (Wildman–Crippen LogP) is 6.33. The van der Waals surface area contributed by atoms with E-state index in [-0.39, 0.29) is 44.8 Å². The van der Waals surface area contributed by atoms with Crippen molar-refractivity contribution in [2.24, 2.45) is 10.8 Å². The summed E-state index contributed by atoms with van der Waals surface area (Å²) < 4.78 is 5.80. The van der Waals surface area contributed by atoms with E-state index in [1.807, 2.05) is 60.7 Å². The molecule has 4 N–H and O–H groups in total. The Balaban J connectivity index is 1.95. The molecule has 5 atom stereocenters. The lowest BCUT2D eigenvalue weighted by atomic mass is 9.49. The fourth-order valence-corrected chi connectivity index (χ4v) is 7.56. The van der Waals surface area contributed by atoms with Gasteiger partial charge < -0.3 is 25.4 Å². The van der Waals surface area contributed by atoms with Gasteiger partial charge in [0.1, 0.15) is 0 Å². The zero-order valence-electron chi connectivity index (χ0n) is 25.6. The number of nitrogens with zero attached hydrogens (tertiary/aromatic N) is 1. The number of halogens is 1. The third-order valence-electron chi connectivity index (χ3n) is 9.50. The number of ether oxygens (including phenoxy) is 1. The molecule has 0 aliphatic carbocycles. The summed E-state index contributed by atoms with van der Waals surface area (Å²) in [5, 5.41) is 44.8. The molecule has 4 rings (SSSR count). The number of piperidine rings is 1. The number of nitriles is 1. The minimum atomic E-state index is -1.78. The van der Waals surface area contributed by atoms with Gasteiger partial charge in [0.15, 0.2) is 0 Å². The van der Waals surface area contributed by atoms with Crippen molar-refractivity contribution in [1.29, 1.82) is 5.26 Å². The average molecular weight is 647 g/mol. The third kappa shape index (κ3) is 7.10. The quantitative estimate of drug-likeness (QED) is 0.138. The van der Waals surface area contributed by atoms with Gasteiger partial charge in [-0.05, 0) is 55.0 Å². The van der Waals surface area contributed by atoms with Crippen LogP contribution in [0.1, 0.15) is 67.6 Å². The first-order valence-corrected chi connectivity index (χ1v) is 15.7. The smallest absolute Gasteiger partial charge is 0.311 e. The number of carboxylic acids is 3. The minimum Gasteiger partial charge on any atom is -0.481 e. The second kappa shape index (κ2) is 15.4. The molecule has 0 bridgehead atoms. The zero-order chi connectivity index (χ0) is 33.3. The zero-order valence-corrected chi connectivity index (χ0v) is 26.4. The second-order valence-corrected chi connectivity index (χ2v) is 12.3. The molecule has 1 heterocycles. The van der Waals surface area contributed by atoms with Crippen LogP contribution in [0.25, 0.3) is 0 Å². The van der Waals surface area contributed by atoms with E-state index in [1.165, 1.54) is 0 Å². The average Bonchev–Trinajstić information content (AvgIpc) is 3.03. The summed E-state index contributed by atoms with van der Waals surface area (Å²) in [5.41, 5.74) is -1.10. The van der Waals surface area contributed by atoms with Crippen LogP contribution in [0.5, 0.6) is 0 Å². The first-order valence-electron chi connectivity index (χ1n) is 15.3. The largest absolute Gasteiger partial charge is 0.481 e. The van der Waals surface area contributed by atoms with Crippen molar-refractivity contribution in [2.75, 3.05) is 13.2 Å². The number of benzene rings is 3. The van der Waals surface area contributed by atoms with E-state index in [9.17, 15) is 35.0 Å². The molecular weight excluding hydrogens is 608 g/mol. The van der Waals surface area contributed by atoms with Gasteiger partial charge in [0.2, 0.25) is 0 Å². The Hall–Kier alpha value is -4.23. The van der Waals surface area contributed by atoms with Crippen molar-refractivity contribution in [2.45, 2.75) is 62.9 Å². The molecule has 0 amide bonds. The number of nitrogens with one attached hydrogen (secondary N) is 1. The number of hydrogen-bond acceptors (Lipinski definition) is 6. The van der Waals surface area contributed by atoms with Crippen LogP contribution in [0.4, 0.5) is 0 Å². The van der Waals surface area contributed by atoms with Crippen molar-refractivity contribution in [1.82, 2.24) is 5.32 Å². The van der Waals surface area contributed by atoms with Gasteiger partial charge in [0.25, 0.3) is 0 Å². The topological polar surface area (TPSA) is 157 Å². The lowest BCUT2D eigenvalue weighted by Gasteiger charge is -2.58. The summed E-state index contributed by atoms with van der Waals surface area (Å²) in [7, 11) is 0. The molecule has 0 radical (unpaired) electrons. The highest BCUT2D eigenvalue weighted by molar-refractivity contribution is 6.30. The predicted molar refractivity (Wildman–Crippen MR) is 173 cm³/mol. The van der Waals surface area contributed by atoms with Crippen LogP contribution < -0.4 is 5.32 Å². The SMILES string of the molecule is CC1NC(COCCC(=O)O)C(CCC(c2ccccc2)c2ccccc2)(C(=O)O)C(c2cccc(Cl)c2)C1(CCC#N)C(=O)O. The van der Waals surface area contributed by atoms with E-state index in [2.05, 4.69) is 11.4 Å². The number of rotatable bonds is 15. The Labute approximate surface area is 273 Å². The summed E-state index contributed by atoms with van der Waals surface area (Å²) in [6, 6.07) is 26.4. The third-order valence-corrected chi connectivity index (χ3v) is 9.74. The minimum absolute atomic E-state index is 0.0300. The summed E-state index contributed by atoms with van der Waals surface area (Å²) in [6.07, 6.45) is -0.116. The molecule has 3 aromatic carbocycles. The standard InChI is InChI=1S/C36H39ClN2O7/c1-24-35(33(42)43,18-9-20-38)32(27-14-8-15-28(37)22-27)36(34(44)45,30(39-24)23-46-21-17-31(40)41)19-16-29(25-10-4-2-5-11-25)26-12-6-3-7-13-26/h2-8,10-15,22,24,29-30,32,39H,9,16-19,21,23H2,1H3,(H,40,41)(H,42,43)(H,44,45). The van der Waals surface area contributed by atoms with Crippen molar-refractivity contribution in [3.05, 3.63) is 107 Å². The van der Waals surface area contributed by atoms with Gasteiger partial charge in [-0.3, -0.25) is 14.4 Å². The summed E-state index contributed by atoms with van der Waals surface area (Å²) in [5.74, 6) is -4.85. The Bertz CT molecular complexity index is 1510. The van der Waals surface area contributed by atoms with E-state index >= 15 is 0 Å². The number of hydrogen-bond donors (Lipinski definition) is 4. The van der Waals surface area contributed by atoms with Crippen LogP contribution in [0.2, 0.25) is 5.02 Å². The van der Waals surface area contributed by atoms with Crippen molar-refractivity contribution in [3.8, 4) is 6.07 Å². The maximum Gasteiger partial charge on any atom is 0.311 e. The van der Waals surface area contributed by atoms with Crippen LogP contribution >= 0.6 is 11.6 Å². The summed E-state index contributed by atoms with van der Waals surface area (Å²) in [6.45, 7) is 1.38. The van der Waals surface area contributed by atoms with Crippen LogP contribution in [0.15, 0.2) is 84.9 Å². The first-order chi connectivity index (χ1) is 22.1. The molecule has 0 spiro atoms. The van der Waals surface area contributed by atoms with Crippen molar-refractivity contribution >= 4 is 29.5 Å². The van der Waals surface area contributed by atoms with Gasteiger partial charge in [-0.2, -0.15) is 5.26 Å². The maximum absolute atomic E-state index is 14.0. The number of carboxylic acid groups (broad SMARTS) is 3. The summed E-state index contributed by atoms with van der Waals surface area (Å²) in [4.78, 5) is 38.7. The van der Waals surface area contributed by atoms with Gasteiger partial charge in [-0.15, -0.1) is 0 Å². The second-order valence-electron chi connectivity index (χ2n) is 11.9. The van der Waals surface area contributed by atoms with E-state index in [1.54, 1.807) is 31.2 Å². The van der Waals surface area contributed by atoms with Crippen LogP contribution in [0.3, 0.4) is 0 Å². The van der Waals surface area contributed by atoms with Crippen LogP contribution in [0, 0.1) is 22.2 Å². The molecule has 46 heavy (non-hydrogen) atoms. The van der Waals surface area contributed by atoms with Crippen LogP contribution in [-0.2, 0) is 19.1 Å². The Morgan fingerprint density at radius 1 is 0.913 bits per heavy atom. The molecule has 0 aromatic heterocycles. The van der Waals surface area contributed by atoms with Crippen molar-refractivity contribution in [3.63, 3.8) is 0 Å². The summed E-state index contributed by atoms with van der Waals surface area (Å²) >= 11 is 6.46. The lowest BCUT2D eigenvalue weighted by molar-refractivity contribution is -0.177. The molecule has 1 saturated heterocycles. The monoisotopic (exact) mass is 646 g/mol. The highest BCUT2D eigenvalue weighted by atomic mass is 35.5. The first kappa shape index (κ1) is 34.6.